The molecule has 0 radical (unpaired) electrons. The van der Waals surface area contributed by atoms with Crippen molar-refractivity contribution in [3.8, 4) is 0 Å². The van der Waals surface area contributed by atoms with Gasteiger partial charge >= 0.3 is 0 Å². The number of likely N-dealkylation sites (tertiary alicyclic amines) is 1. The lowest BCUT2D eigenvalue weighted by atomic mass is 10.3. The first-order valence-corrected chi connectivity index (χ1v) is 7.03. The van der Waals surface area contributed by atoms with Gasteiger partial charge in [0.2, 0.25) is 0 Å². The number of rotatable bonds is 4. The SMILES string of the molecule is CCC.CCN1CCC(OCc2ccccn2)C1. The molecule has 0 spiro atoms. The lowest BCUT2D eigenvalue weighted by Crippen LogP contribution is -2.22. The van der Waals surface area contributed by atoms with E-state index in [0.717, 1.165) is 25.2 Å². The molecule has 0 saturated carbocycles. The normalized spacial score (nSPS) is 19.4. The van der Waals surface area contributed by atoms with E-state index in [-0.39, 0.29) is 0 Å². The van der Waals surface area contributed by atoms with Crippen LogP contribution in [0, 0.1) is 0 Å². The highest BCUT2D eigenvalue weighted by molar-refractivity contribution is 5.02. The van der Waals surface area contributed by atoms with Crippen molar-refractivity contribution in [3.63, 3.8) is 0 Å². The number of nitrogens with zero attached hydrogens (tertiary/aromatic N) is 2. The molecule has 1 saturated heterocycles. The van der Waals surface area contributed by atoms with Crippen molar-refractivity contribution in [1.82, 2.24) is 9.88 Å². The average molecular weight is 250 g/mol. The second kappa shape index (κ2) is 9.06. The molecular weight excluding hydrogens is 224 g/mol. The van der Waals surface area contributed by atoms with Gasteiger partial charge < -0.3 is 9.64 Å². The molecule has 1 aromatic heterocycles. The molecule has 3 heteroatoms. The predicted molar refractivity (Wildman–Crippen MR) is 75.5 cm³/mol. The summed E-state index contributed by atoms with van der Waals surface area (Å²) in [6, 6.07) is 5.93. The van der Waals surface area contributed by atoms with E-state index in [0.29, 0.717) is 12.7 Å². The van der Waals surface area contributed by atoms with Crippen molar-refractivity contribution < 1.29 is 4.74 Å². The van der Waals surface area contributed by atoms with E-state index in [4.69, 9.17) is 4.74 Å². The summed E-state index contributed by atoms with van der Waals surface area (Å²) in [6.07, 6.45) is 4.61. The van der Waals surface area contributed by atoms with Crippen molar-refractivity contribution in [2.45, 2.75) is 46.3 Å². The van der Waals surface area contributed by atoms with Gasteiger partial charge in [-0.3, -0.25) is 4.98 Å². The van der Waals surface area contributed by atoms with E-state index in [1.54, 1.807) is 0 Å². The van der Waals surface area contributed by atoms with Crippen molar-refractivity contribution >= 4 is 0 Å². The molecule has 18 heavy (non-hydrogen) atoms. The zero-order valence-electron chi connectivity index (χ0n) is 11.9. The topological polar surface area (TPSA) is 25.4 Å². The first kappa shape index (κ1) is 15.1. The summed E-state index contributed by atoms with van der Waals surface area (Å²) >= 11 is 0. The molecule has 0 N–H and O–H groups in total. The molecule has 1 unspecified atom stereocenters. The number of pyridine rings is 1. The monoisotopic (exact) mass is 250 g/mol. The predicted octanol–water partition coefficient (Wildman–Crippen LogP) is 3.11. The van der Waals surface area contributed by atoms with Crippen molar-refractivity contribution in [2.75, 3.05) is 19.6 Å². The van der Waals surface area contributed by atoms with Crippen molar-refractivity contribution in [1.29, 1.82) is 0 Å². The zero-order valence-corrected chi connectivity index (χ0v) is 11.9. The third kappa shape index (κ3) is 5.61. The number of likely N-dealkylation sites (N-methyl/N-ethyl adjacent to an activating group) is 1. The first-order valence-electron chi connectivity index (χ1n) is 7.03. The fraction of sp³-hybridized carbons (Fsp3) is 0.667. The molecule has 1 fully saturated rings. The fourth-order valence-electron chi connectivity index (χ4n) is 1.91. The van der Waals surface area contributed by atoms with Crippen LogP contribution in [0.4, 0.5) is 0 Å². The molecule has 0 amide bonds. The smallest absolute Gasteiger partial charge is 0.0892 e. The Morgan fingerprint density at radius 3 is 2.67 bits per heavy atom. The standard InChI is InChI=1S/C12H18N2O.C3H8/c1-2-14-8-6-12(9-14)15-10-11-5-3-4-7-13-11;1-3-2/h3-5,7,12H,2,6,8-10H2,1H3;3H2,1-2H3. The van der Waals surface area contributed by atoms with E-state index in [9.17, 15) is 0 Å². The second-order valence-corrected chi connectivity index (χ2v) is 4.64. The Morgan fingerprint density at radius 1 is 1.33 bits per heavy atom. The molecule has 102 valence electrons. The van der Waals surface area contributed by atoms with E-state index >= 15 is 0 Å². The Labute approximate surface area is 111 Å². The highest BCUT2D eigenvalue weighted by Gasteiger charge is 2.21. The summed E-state index contributed by atoms with van der Waals surface area (Å²) in [5.41, 5.74) is 1.02. The Kier molecular flexibility index (Phi) is 7.62. The van der Waals surface area contributed by atoms with E-state index in [1.165, 1.54) is 13.0 Å². The van der Waals surface area contributed by atoms with Gasteiger partial charge in [-0.05, 0) is 25.1 Å². The highest BCUT2D eigenvalue weighted by atomic mass is 16.5. The molecule has 1 atom stereocenters. The number of ether oxygens (including phenoxy) is 1. The lowest BCUT2D eigenvalue weighted by Gasteiger charge is -2.13. The van der Waals surface area contributed by atoms with Gasteiger partial charge in [0.15, 0.2) is 0 Å². The van der Waals surface area contributed by atoms with E-state index < -0.39 is 0 Å². The van der Waals surface area contributed by atoms with Crippen LogP contribution in [0.1, 0.15) is 39.3 Å². The van der Waals surface area contributed by atoms with Gasteiger partial charge in [0.25, 0.3) is 0 Å². The summed E-state index contributed by atoms with van der Waals surface area (Å²) < 4.78 is 5.82. The average Bonchev–Trinajstić information content (AvgIpc) is 2.86. The minimum absolute atomic E-state index is 0.395. The molecule has 1 aliphatic heterocycles. The van der Waals surface area contributed by atoms with Gasteiger partial charge in [0.1, 0.15) is 0 Å². The first-order chi connectivity index (χ1) is 8.80. The number of hydrogen-bond acceptors (Lipinski definition) is 3. The summed E-state index contributed by atoms with van der Waals surface area (Å²) in [5, 5.41) is 0. The van der Waals surface area contributed by atoms with Crippen molar-refractivity contribution in [3.05, 3.63) is 30.1 Å². The van der Waals surface area contributed by atoms with Gasteiger partial charge in [-0.15, -0.1) is 0 Å². The fourth-order valence-corrected chi connectivity index (χ4v) is 1.91. The largest absolute Gasteiger partial charge is 0.371 e. The minimum atomic E-state index is 0.395. The number of hydrogen-bond donors (Lipinski definition) is 0. The van der Waals surface area contributed by atoms with Gasteiger partial charge in [-0.25, -0.2) is 0 Å². The molecule has 3 nitrogen and oxygen atoms in total. The van der Waals surface area contributed by atoms with Gasteiger partial charge in [0, 0.05) is 19.3 Å². The van der Waals surface area contributed by atoms with Crippen molar-refractivity contribution in [2.24, 2.45) is 0 Å². The molecule has 1 aliphatic rings. The van der Waals surface area contributed by atoms with Crippen LogP contribution in [0.3, 0.4) is 0 Å². The second-order valence-electron chi connectivity index (χ2n) is 4.64. The maximum absolute atomic E-state index is 5.82. The molecule has 0 aliphatic carbocycles. The summed E-state index contributed by atoms with van der Waals surface area (Å²) in [4.78, 5) is 6.66. The van der Waals surface area contributed by atoms with Gasteiger partial charge in [-0.1, -0.05) is 33.3 Å². The minimum Gasteiger partial charge on any atom is -0.371 e. The lowest BCUT2D eigenvalue weighted by molar-refractivity contribution is 0.0452. The maximum Gasteiger partial charge on any atom is 0.0892 e. The number of aromatic nitrogens is 1. The maximum atomic E-state index is 5.82. The zero-order chi connectivity index (χ0) is 13.2. The molecule has 2 rings (SSSR count). The highest BCUT2D eigenvalue weighted by Crippen LogP contribution is 2.13. The van der Waals surface area contributed by atoms with Crippen LogP contribution in [-0.2, 0) is 11.3 Å². The molecular formula is C15H26N2O. The van der Waals surface area contributed by atoms with Gasteiger partial charge in [-0.2, -0.15) is 0 Å². The Morgan fingerprint density at radius 2 is 2.11 bits per heavy atom. The van der Waals surface area contributed by atoms with Crippen LogP contribution in [0.25, 0.3) is 0 Å². The molecule has 1 aromatic rings. The van der Waals surface area contributed by atoms with Crippen LogP contribution < -0.4 is 0 Å². The van der Waals surface area contributed by atoms with Crippen LogP contribution in [-0.4, -0.2) is 35.6 Å². The molecule has 2 heterocycles. The summed E-state index contributed by atoms with van der Waals surface area (Å²) in [6.45, 7) is 10.5. The third-order valence-electron chi connectivity index (χ3n) is 2.87. The van der Waals surface area contributed by atoms with Crippen LogP contribution in [0.2, 0.25) is 0 Å². The van der Waals surface area contributed by atoms with Crippen LogP contribution >= 0.6 is 0 Å². The van der Waals surface area contributed by atoms with Crippen LogP contribution in [0.5, 0.6) is 0 Å². The Hall–Kier alpha value is -0.930. The molecule has 0 aromatic carbocycles. The van der Waals surface area contributed by atoms with E-state index in [2.05, 4.69) is 30.7 Å². The Balaban J connectivity index is 0.000000492. The van der Waals surface area contributed by atoms with Crippen LogP contribution in [0.15, 0.2) is 24.4 Å². The quantitative estimate of drug-likeness (QED) is 0.821. The third-order valence-corrected chi connectivity index (χ3v) is 2.87. The van der Waals surface area contributed by atoms with Gasteiger partial charge in [0.05, 0.1) is 18.4 Å². The van der Waals surface area contributed by atoms with E-state index in [1.807, 2.05) is 24.4 Å². The summed E-state index contributed by atoms with van der Waals surface area (Å²) in [5.74, 6) is 0. The Bertz CT molecular complexity index is 303. The molecule has 0 bridgehead atoms. The summed E-state index contributed by atoms with van der Waals surface area (Å²) in [7, 11) is 0.